The second kappa shape index (κ2) is 5.12. The molecule has 0 amide bonds. The summed E-state index contributed by atoms with van der Waals surface area (Å²) >= 11 is 0. The first-order chi connectivity index (χ1) is 6.59. The lowest BCUT2D eigenvalue weighted by molar-refractivity contribution is 0.325. The fourth-order valence-electron chi connectivity index (χ4n) is 2.24. The van der Waals surface area contributed by atoms with Gasteiger partial charge in [0.2, 0.25) is 0 Å². The molecule has 0 radical (unpaired) electrons. The first kappa shape index (κ1) is 12.0. The summed E-state index contributed by atoms with van der Waals surface area (Å²) in [6, 6.07) is 0.510. The molecule has 0 aromatic carbocycles. The summed E-state index contributed by atoms with van der Waals surface area (Å²) in [4.78, 5) is 0. The second-order valence-corrected chi connectivity index (χ2v) is 6.48. The lowest BCUT2D eigenvalue weighted by atomic mass is 9.91. The molecule has 0 bridgehead atoms. The van der Waals surface area contributed by atoms with E-state index >= 15 is 0 Å². The minimum atomic E-state index is -2.70. The Balaban J connectivity index is 2.47. The second-order valence-electron chi connectivity index (χ2n) is 4.17. The van der Waals surface area contributed by atoms with E-state index in [2.05, 4.69) is 12.2 Å². The van der Waals surface area contributed by atoms with Crippen molar-refractivity contribution in [3.8, 4) is 0 Å². The quantitative estimate of drug-likeness (QED) is 0.773. The molecule has 1 rings (SSSR count). The zero-order chi connectivity index (χ0) is 10.6. The van der Waals surface area contributed by atoms with Crippen LogP contribution in [0, 0.1) is 5.92 Å². The van der Waals surface area contributed by atoms with Gasteiger partial charge in [0.1, 0.15) is 9.84 Å². The van der Waals surface area contributed by atoms with E-state index in [1.165, 1.54) is 0 Å². The van der Waals surface area contributed by atoms with E-state index in [-0.39, 0.29) is 0 Å². The molecule has 1 heterocycles. The molecule has 84 valence electrons. The van der Waals surface area contributed by atoms with E-state index < -0.39 is 9.84 Å². The van der Waals surface area contributed by atoms with Gasteiger partial charge in [0.25, 0.3) is 0 Å². The average molecular weight is 219 g/mol. The van der Waals surface area contributed by atoms with Crippen molar-refractivity contribution in [2.24, 2.45) is 5.92 Å². The maximum atomic E-state index is 11.2. The molecule has 3 nitrogen and oxygen atoms in total. The highest BCUT2D eigenvalue weighted by Crippen LogP contribution is 2.24. The van der Waals surface area contributed by atoms with Crippen molar-refractivity contribution < 1.29 is 8.42 Å². The molecule has 0 aliphatic carbocycles. The van der Waals surface area contributed by atoms with Gasteiger partial charge in [-0.3, -0.25) is 0 Å². The summed E-state index contributed by atoms with van der Waals surface area (Å²) < 4.78 is 22.5. The van der Waals surface area contributed by atoms with Crippen molar-refractivity contribution in [3.05, 3.63) is 0 Å². The predicted molar refractivity (Wildman–Crippen MR) is 59.1 cm³/mol. The van der Waals surface area contributed by atoms with E-state index in [1.807, 2.05) is 7.05 Å². The Labute approximate surface area is 87.2 Å². The summed E-state index contributed by atoms with van der Waals surface area (Å²) in [6.07, 6.45) is 4.00. The first-order valence-electron chi connectivity index (χ1n) is 5.46. The standard InChI is InChI=1S/C10H21NO2S/c1-3-4-10(11-2)9-5-7-14(12,13)8-6-9/h9-11H,3-8H2,1-2H3. The van der Waals surface area contributed by atoms with Crippen LogP contribution in [0.3, 0.4) is 0 Å². The Hall–Kier alpha value is -0.0900. The Morgan fingerprint density at radius 3 is 2.36 bits per heavy atom. The summed E-state index contributed by atoms with van der Waals surface area (Å²) in [5.74, 6) is 1.34. The maximum absolute atomic E-state index is 11.2. The first-order valence-corrected chi connectivity index (χ1v) is 7.29. The van der Waals surface area contributed by atoms with Crippen molar-refractivity contribution in [1.29, 1.82) is 0 Å². The summed E-state index contributed by atoms with van der Waals surface area (Å²) in [5, 5.41) is 3.31. The van der Waals surface area contributed by atoms with Crippen LogP contribution in [0.1, 0.15) is 32.6 Å². The van der Waals surface area contributed by atoms with Crippen LogP contribution in [0.25, 0.3) is 0 Å². The Morgan fingerprint density at radius 1 is 1.36 bits per heavy atom. The Bertz CT molecular complexity index is 247. The van der Waals surface area contributed by atoms with Crippen molar-refractivity contribution in [1.82, 2.24) is 5.32 Å². The minimum Gasteiger partial charge on any atom is -0.317 e. The van der Waals surface area contributed by atoms with Crippen molar-refractivity contribution in [2.75, 3.05) is 18.6 Å². The van der Waals surface area contributed by atoms with Crippen LogP contribution in [0.2, 0.25) is 0 Å². The Morgan fingerprint density at radius 2 is 1.93 bits per heavy atom. The molecule has 0 aromatic rings. The number of hydrogen-bond acceptors (Lipinski definition) is 3. The predicted octanol–water partition coefficient (Wildman–Crippen LogP) is 1.20. The Kier molecular flexibility index (Phi) is 4.38. The molecule has 1 saturated heterocycles. The van der Waals surface area contributed by atoms with E-state index in [0.29, 0.717) is 23.5 Å². The monoisotopic (exact) mass is 219 g/mol. The van der Waals surface area contributed by atoms with Gasteiger partial charge in [0.15, 0.2) is 0 Å². The maximum Gasteiger partial charge on any atom is 0.150 e. The highest BCUT2D eigenvalue weighted by atomic mass is 32.2. The van der Waals surface area contributed by atoms with E-state index in [9.17, 15) is 8.42 Å². The molecule has 0 spiro atoms. The summed E-state index contributed by atoms with van der Waals surface area (Å²) in [6.45, 7) is 2.17. The highest BCUT2D eigenvalue weighted by Gasteiger charge is 2.28. The smallest absolute Gasteiger partial charge is 0.150 e. The number of sulfone groups is 1. The van der Waals surface area contributed by atoms with Crippen LogP contribution >= 0.6 is 0 Å². The van der Waals surface area contributed by atoms with Crippen LogP contribution < -0.4 is 5.32 Å². The number of rotatable bonds is 4. The van der Waals surface area contributed by atoms with Gasteiger partial charge in [0, 0.05) is 6.04 Å². The normalized spacial score (nSPS) is 24.7. The zero-order valence-corrected chi connectivity index (χ0v) is 9.94. The molecule has 0 aromatic heterocycles. The van der Waals surface area contributed by atoms with E-state index in [0.717, 1.165) is 25.7 Å². The lowest BCUT2D eigenvalue weighted by Gasteiger charge is -2.29. The van der Waals surface area contributed by atoms with Gasteiger partial charge in [-0.2, -0.15) is 0 Å². The zero-order valence-electron chi connectivity index (χ0n) is 9.12. The minimum absolute atomic E-state index is 0.388. The van der Waals surface area contributed by atoms with Crippen LogP contribution in [0.15, 0.2) is 0 Å². The molecule has 1 aliphatic heterocycles. The van der Waals surface area contributed by atoms with Gasteiger partial charge in [0.05, 0.1) is 11.5 Å². The van der Waals surface area contributed by atoms with Crippen LogP contribution in [-0.2, 0) is 9.84 Å². The summed E-state index contributed by atoms with van der Waals surface area (Å²) in [5.41, 5.74) is 0. The number of nitrogens with one attached hydrogen (secondary N) is 1. The number of hydrogen-bond donors (Lipinski definition) is 1. The third kappa shape index (κ3) is 3.24. The van der Waals surface area contributed by atoms with Gasteiger partial charge >= 0.3 is 0 Å². The van der Waals surface area contributed by atoms with Gasteiger partial charge < -0.3 is 5.32 Å². The van der Waals surface area contributed by atoms with Crippen molar-refractivity contribution in [2.45, 2.75) is 38.6 Å². The molecule has 1 unspecified atom stereocenters. The third-order valence-electron chi connectivity index (χ3n) is 3.14. The topological polar surface area (TPSA) is 46.2 Å². The largest absolute Gasteiger partial charge is 0.317 e. The third-order valence-corrected chi connectivity index (χ3v) is 4.85. The van der Waals surface area contributed by atoms with Gasteiger partial charge in [-0.05, 0) is 32.2 Å². The molecule has 4 heteroatoms. The average Bonchev–Trinajstić information content (AvgIpc) is 2.15. The summed E-state index contributed by atoms with van der Waals surface area (Å²) in [7, 11) is -0.725. The molecule has 14 heavy (non-hydrogen) atoms. The van der Waals surface area contributed by atoms with Crippen LogP contribution in [-0.4, -0.2) is 33.0 Å². The van der Waals surface area contributed by atoms with Crippen LogP contribution in [0.4, 0.5) is 0 Å². The SMILES string of the molecule is CCCC(NC)C1CCS(=O)(=O)CC1. The lowest BCUT2D eigenvalue weighted by Crippen LogP contribution is -2.38. The molecule has 1 fully saturated rings. The fourth-order valence-corrected chi connectivity index (χ4v) is 3.77. The molecular formula is C10H21NO2S. The molecular weight excluding hydrogens is 198 g/mol. The highest BCUT2D eigenvalue weighted by molar-refractivity contribution is 7.91. The molecule has 1 N–H and O–H groups in total. The van der Waals surface area contributed by atoms with Gasteiger partial charge in [-0.25, -0.2) is 8.42 Å². The molecule has 1 aliphatic rings. The van der Waals surface area contributed by atoms with Crippen LogP contribution in [0.5, 0.6) is 0 Å². The van der Waals surface area contributed by atoms with E-state index in [4.69, 9.17) is 0 Å². The van der Waals surface area contributed by atoms with Gasteiger partial charge in [-0.1, -0.05) is 13.3 Å². The van der Waals surface area contributed by atoms with Gasteiger partial charge in [-0.15, -0.1) is 0 Å². The van der Waals surface area contributed by atoms with Crippen molar-refractivity contribution in [3.63, 3.8) is 0 Å². The van der Waals surface area contributed by atoms with Crippen molar-refractivity contribution >= 4 is 9.84 Å². The molecule has 1 atom stereocenters. The molecule has 0 saturated carbocycles. The fraction of sp³-hybridized carbons (Fsp3) is 1.00. The van der Waals surface area contributed by atoms with E-state index in [1.54, 1.807) is 0 Å².